The van der Waals surface area contributed by atoms with Crippen LogP contribution in [-0.2, 0) is 7.05 Å². The predicted octanol–water partition coefficient (Wildman–Crippen LogP) is -0.488. The van der Waals surface area contributed by atoms with Crippen LogP contribution in [0, 0.1) is 6.92 Å². The van der Waals surface area contributed by atoms with Gasteiger partial charge in [-0.3, -0.25) is 9.48 Å². The van der Waals surface area contributed by atoms with Crippen molar-refractivity contribution in [2.45, 2.75) is 13.0 Å². The highest BCUT2D eigenvalue weighted by Crippen LogP contribution is 2.12. The summed E-state index contributed by atoms with van der Waals surface area (Å²) in [5, 5.41) is 4.13. The SMILES string of the molecule is Cc1cc(C(=O)N2CC(N)C2)n(C)n1. The lowest BCUT2D eigenvalue weighted by molar-refractivity contribution is 0.0596. The Balaban J connectivity index is 2.15. The Hall–Kier alpha value is -1.36. The van der Waals surface area contributed by atoms with Crippen molar-refractivity contribution >= 4 is 5.91 Å². The Kier molecular flexibility index (Phi) is 2.03. The molecule has 1 saturated heterocycles. The van der Waals surface area contributed by atoms with Gasteiger partial charge in [-0.15, -0.1) is 0 Å². The molecule has 14 heavy (non-hydrogen) atoms. The molecule has 0 bridgehead atoms. The fourth-order valence-electron chi connectivity index (χ4n) is 1.65. The minimum Gasteiger partial charge on any atom is -0.334 e. The van der Waals surface area contributed by atoms with Crippen LogP contribution in [0.1, 0.15) is 16.2 Å². The normalized spacial score (nSPS) is 16.9. The van der Waals surface area contributed by atoms with Crippen molar-refractivity contribution in [2.75, 3.05) is 13.1 Å². The van der Waals surface area contributed by atoms with E-state index in [1.54, 1.807) is 22.7 Å². The number of carbonyl (C=O) groups excluding carboxylic acids is 1. The predicted molar refractivity (Wildman–Crippen MR) is 51.8 cm³/mol. The van der Waals surface area contributed by atoms with Gasteiger partial charge < -0.3 is 10.6 Å². The van der Waals surface area contributed by atoms with Gasteiger partial charge in [0.15, 0.2) is 0 Å². The molecule has 5 heteroatoms. The fraction of sp³-hybridized carbons (Fsp3) is 0.556. The van der Waals surface area contributed by atoms with Gasteiger partial charge in [0.05, 0.1) is 5.69 Å². The molecule has 1 aliphatic rings. The van der Waals surface area contributed by atoms with E-state index in [1.807, 2.05) is 6.92 Å². The maximum Gasteiger partial charge on any atom is 0.272 e. The smallest absolute Gasteiger partial charge is 0.272 e. The van der Waals surface area contributed by atoms with Crippen molar-refractivity contribution in [1.29, 1.82) is 0 Å². The quantitative estimate of drug-likeness (QED) is 0.656. The monoisotopic (exact) mass is 194 g/mol. The summed E-state index contributed by atoms with van der Waals surface area (Å²) in [4.78, 5) is 13.6. The number of rotatable bonds is 1. The Morgan fingerprint density at radius 1 is 1.64 bits per heavy atom. The first-order valence-electron chi connectivity index (χ1n) is 4.63. The molecular weight excluding hydrogens is 180 g/mol. The van der Waals surface area contributed by atoms with Crippen LogP contribution in [0.15, 0.2) is 6.07 Å². The molecule has 2 rings (SSSR count). The summed E-state index contributed by atoms with van der Waals surface area (Å²) in [6.45, 7) is 3.19. The van der Waals surface area contributed by atoms with Crippen LogP contribution < -0.4 is 5.73 Å². The first-order chi connectivity index (χ1) is 6.58. The van der Waals surface area contributed by atoms with Crippen molar-refractivity contribution in [3.8, 4) is 0 Å². The summed E-state index contributed by atoms with van der Waals surface area (Å²) in [7, 11) is 1.78. The van der Waals surface area contributed by atoms with Gasteiger partial charge in [-0.25, -0.2) is 0 Å². The molecule has 0 radical (unpaired) electrons. The molecule has 1 aromatic rings. The molecule has 1 fully saturated rings. The van der Waals surface area contributed by atoms with Gasteiger partial charge in [-0.05, 0) is 13.0 Å². The lowest BCUT2D eigenvalue weighted by Crippen LogP contribution is -2.58. The second-order valence-electron chi connectivity index (χ2n) is 3.76. The molecule has 0 atom stereocenters. The highest BCUT2D eigenvalue weighted by Gasteiger charge is 2.29. The number of aryl methyl sites for hydroxylation is 2. The van der Waals surface area contributed by atoms with Crippen LogP contribution >= 0.6 is 0 Å². The number of hydrogen-bond donors (Lipinski definition) is 1. The Morgan fingerprint density at radius 2 is 2.29 bits per heavy atom. The van der Waals surface area contributed by atoms with Crippen molar-refractivity contribution < 1.29 is 4.79 Å². The standard InChI is InChI=1S/C9H14N4O/c1-6-3-8(12(2)11-6)9(14)13-4-7(10)5-13/h3,7H,4-5,10H2,1-2H3. The van der Waals surface area contributed by atoms with Gasteiger partial charge in [-0.2, -0.15) is 5.10 Å². The van der Waals surface area contributed by atoms with E-state index in [-0.39, 0.29) is 11.9 Å². The molecule has 76 valence electrons. The first kappa shape index (κ1) is 9.21. The average molecular weight is 194 g/mol. The number of likely N-dealkylation sites (tertiary alicyclic amines) is 1. The third-order valence-electron chi connectivity index (χ3n) is 2.42. The van der Waals surface area contributed by atoms with Gasteiger partial charge in [-0.1, -0.05) is 0 Å². The summed E-state index contributed by atoms with van der Waals surface area (Å²) < 4.78 is 1.61. The van der Waals surface area contributed by atoms with Gasteiger partial charge in [0.25, 0.3) is 5.91 Å². The van der Waals surface area contributed by atoms with Gasteiger partial charge >= 0.3 is 0 Å². The fourth-order valence-corrected chi connectivity index (χ4v) is 1.65. The molecule has 0 saturated carbocycles. The average Bonchev–Trinajstić information content (AvgIpc) is 2.39. The number of aromatic nitrogens is 2. The van der Waals surface area contributed by atoms with Gasteiger partial charge in [0, 0.05) is 26.2 Å². The Morgan fingerprint density at radius 3 is 2.71 bits per heavy atom. The lowest BCUT2D eigenvalue weighted by Gasteiger charge is -2.36. The molecular formula is C9H14N4O. The van der Waals surface area contributed by atoms with Crippen molar-refractivity contribution in [3.05, 3.63) is 17.5 Å². The number of amides is 1. The van der Waals surface area contributed by atoms with Crippen molar-refractivity contribution in [3.63, 3.8) is 0 Å². The summed E-state index contributed by atoms with van der Waals surface area (Å²) in [6.07, 6.45) is 0. The zero-order chi connectivity index (χ0) is 10.3. The van der Waals surface area contributed by atoms with E-state index in [0.717, 1.165) is 5.69 Å². The van der Waals surface area contributed by atoms with E-state index in [9.17, 15) is 4.79 Å². The molecule has 2 heterocycles. The van der Waals surface area contributed by atoms with E-state index >= 15 is 0 Å². The van der Waals surface area contributed by atoms with Crippen LogP contribution in [0.2, 0.25) is 0 Å². The minimum absolute atomic E-state index is 0.0230. The number of nitrogens with zero attached hydrogens (tertiary/aromatic N) is 3. The van der Waals surface area contributed by atoms with E-state index in [2.05, 4.69) is 5.10 Å². The van der Waals surface area contributed by atoms with Crippen molar-refractivity contribution in [1.82, 2.24) is 14.7 Å². The van der Waals surface area contributed by atoms with E-state index in [4.69, 9.17) is 5.73 Å². The van der Waals surface area contributed by atoms with E-state index < -0.39 is 0 Å². The van der Waals surface area contributed by atoms with Gasteiger partial charge in [0.1, 0.15) is 5.69 Å². The zero-order valence-corrected chi connectivity index (χ0v) is 8.40. The van der Waals surface area contributed by atoms with Crippen LogP contribution in [0.5, 0.6) is 0 Å². The first-order valence-corrected chi connectivity index (χ1v) is 4.63. The number of hydrogen-bond acceptors (Lipinski definition) is 3. The zero-order valence-electron chi connectivity index (χ0n) is 8.40. The van der Waals surface area contributed by atoms with Gasteiger partial charge in [0.2, 0.25) is 0 Å². The maximum atomic E-state index is 11.8. The third-order valence-corrected chi connectivity index (χ3v) is 2.42. The lowest BCUT2D eigenvalue weighted by atomic mass is 10.1. The summed E-state index contributed by atoms with van der Waals surface area (Å²) >= 11 is 0. The molecule has 5 nitrogen and oxygen atoms in total. The van der Waals surface area contributed by atoms with Crippen LogP contribution in [0.4, 0.5) is 0 Å². The topological polar surface area (TPSA) is 64.2 Å². The van der Waals surface area contributed by atoms with Crippen LogP contribution in [0.3, 0.4) is 0 Å². The summed E-state index contributed by atoms with van der Waals surface area (Å²) in [6, 6.07) is 1.94. The minimum atomic E-state index is 0.0230. The second kappa shape index (κ2) is 3.09. The molecule has 2 N–H and O–H groups in total. The van der Waals surface area contributed by atoms with E-state index in [0.29, 0.717) is 18.8 Å². The Labute approximate surface area is 82.5 Å². The third kappa shape index (κ3) is 1.39. The molecule has 0 aliphatic carbocycles. The van der Waals surface area contributed by atoms with Crippen LogP contribution in [0.25, 0.3) is 0 Å². The highest BCUT2D eigenvalue weighted by molar-refractivity contribution is 5.93. The highest BCUT2D eigenvalue weighted by atomic mass is 16.2. The summed E-state index contributed by atoms with van der Waals surface area (Å²) in [5.74, 6) is 0.0230. The molecule has 1 amide bonds. The molecule has 0 spiro atoms. The largest absolute Gasteiger partial charge is 0.334 e. The second-order valence-corrected chi connectivity index (χ2v) is 3.76. The van der Waals surface area contributed by atoms with Crippen molar-refractivity contribution in [2.24, 2.45) is 12.8 Å². The number of nitrogens with two attached hydrogens (primary N) is 1. The number of carbonyl (C=O) groups is 1. The molecule has 0 unspecified atom stereocenters. The Bertz CT molecular complexity index is 365. The summed E-state index contributed by atoms with van der Waals surface area (Å²) in [5.41, 5.74) is 7.11. The molecule has 1 aromatic heterocycles. The molecule has 1 aliphatic heterocycles. The van der Waals surface area contributed by atoms with E-state index in [1.165, 1.54) is 0 Å². The van der Waals surface area contributed by atoms with Crippen LogP contribution in [-0.4, -0.2) is 39.7 Å². The maximum absolute atomic E-state index is 11.8. The molecule has 0 aromatic carbocycles.